The molecule has 194 valence electrons. The first kappa shape index (κ1) is 26.0. The van der Waals surface area contributed by atoms with Crippen LogP contribution in [0.2, 0.25) is 0 Å². The summed E-state index contributed by atoms with van der Waals surface area (Å²) in [7, 11) is 3.11. The van der Waals surface area contributed by atoms with Crippen LogP contribution in [0.1, 0.15) is 25.0 Å². The Hall–Kier alpha value is -4.09. The molecule has 0 bridgehead atoms. The number of likely N-dealkylation sites (N-methyl/N-ethyl adjacent to an activating group) is 1. The number of carbonyl (C=O) groups excluding carboxylic acids is 3. The van der Waals surface area contributed by atoms with Crippen LogP contribution in [0.15, 0.2) is 47.6 Å². The van der Waals surface area contributed by atoms with Gasteiger partial charge in [0.05, 0.1) is 23.5 Å². The average molecular weight is 509 g/mol. The molecule has 6 N–H and O–H groups in total. The lowest BCUT2D eigenvalue weighted by atomic mass is 9.57. The van der Waals surface area contributed by atoms with Gasteiger partial charge in [-0.1, -0.05) is 7.43 Å². The van der Waals surface area contributed by atoms with Crippen molar-refractivity contribution in [2.24, 2.45) is 17.6 Å². The molecular formula is C26H28N4O7. The molecular weight excluding hydrogens is 480 g/mol. The number of aliphatic hydroxyl groups is 3. The van der Waals surface area contributed by atoms with Gasteiger partial charge in [-0.3, -0.25) is 29.3 Å². The molecule has 1 aromatic carbocycles. The molecule has 11 heteroatoms. The fraction of sp³-hybridized carbons (Fsp3) is 0.346. The molecule has 1 aromatic heterocycles. The SMILES string of the molecule is C.CN(C)[C@@H]1C(=O)C(C(N)=O)=C(O)[C@@]2(O)C(=O)C3=C(O)c4c(O)ccc(-c5cnccn5)c4C[C@H]3C[C@@H]12. The molecule has 0 spiro atoms. The van der Waals surface area contributed by atoms with Gasteiger partial charge in [0.1, 0.15) is 22.8 Å². The summed E-state index contributed by atoms with van der Waals surface area (Å²) in [5.41, 5.74) is 3.25. The highest BCUT2D eigenvalue weighted by atomic mass is 16.3. The number of hydrogen-bond donors (Lipinski definition) is 5. The first-order chi connectivity index (χ1) is 17.0. The van der Waals surface area contributed by atoms with Gasteiger partial charge < -0.3 is 26.2 Å². The number of benzene rings is 1. The Kier molecular flexibility index (Phi) is 6.17. The number of ketones is 2. The minimum Gasteiger partial charge on any atom is -0.508 e. The van der Waals surface area contributed by atoms with E-state index in [2.05, 4.69) is 9.97 Å². The maximum absolute atomic E-state index is 13.8. The van der Waals surface area contributed by atoms with E-state index in [1.807, 2.05) is 0 Å². The van der Waals surface area contributed by atoms with Crippen LogP contribution >= 0.6 is 0 Å². The van der Waals surface area contributed by atoms with E-state index in [0.29, 0.717) is 16.8 Å². The Bertz CT molecular complexity index is 1400. The normalized spacial score (nSPS) is 26.9. The maximum atomic E-state index is 13.8. The lowest BCUT2D eigenvalue weighted by molar-refractivity contribution is -0.153. The Balaban J connectivity index is 0.00000320. The van der Waals surface area contributed by atoms with Gasteiger partial charge in [-0.15, -0.1) is 0 Å². The van der Waals surface area contributed by atoms with Crippen LogP contribution in [0.3, 0.4) is 0 Å². The molecule has 4 atom stereocenters. The molecule has 11 nitrogen and oxygen atoms in total. The molecule has 3 aliphatic carbocycles. The van der Waals surface area contributed by atoms with Crippen molar-refractivity contribution in [1.82, 2.24) is 14.9 Å². The second-order valence-electron chi connectivity index (χ2n) is 9.54. The van der Waals surface area contributed by atoms with Crippen LogP contribution in [0.25, 0.3) is 17.0 Å². The molecule has 0 unspecified atom stereocenters. The molecule has 0 saturated heterocycles. The molecule has 1 heterocycles. The second-order valence-corrected chi connectivity index (χ2v) is 9.54. The second kappa shape index (κ2) is 8.79. The Morgan fingerprint density at radius 2 is 1.86 bits per heavy atom. The standard InChI is InChI=1S/C25H24N4O7.CH4/c1-29(2)19-13-8-10-7-12-11(14-9-27-5-6-28-14)3-4-15(30)17(12)20(31)16(10)22(33)25(13,36)23(34)18(21(19)32)24(26)35;/h3-6,9-10,13,19,30-31,34,36H,7-8H2,1-2H3,(H2,26,35);1H4/t10-,13-,19-,25-;/m0./s1. The predicted octanol–water partition coefficient (Wildman–Crippen LogP) is 1.06. The van der Waals surface area contributed by atoms with Crippen LogP contribution in [-0.4, -0.2) is 78.5 Å². The van der Waals surface area contributed by atoms with Crippen LogP contribution in [0.5, 0.6) is 5.75 Å². The van der Waals surface area contributed by atoms with Gasteiger partial charge >= 0.3 is 0 Å². The zero-order valence-electron chi connectivity index (χ0n) is 19.5. The largest absolute Gasteiger partial charge is 0.508 e. The minimum atomic E-state index is -2.66. The van der Waals surface area contributed by atoms with E-state index in [-0.39, 0.29) is 37.2 Å². The van der Waals surface area contributed by atoms with Gasteiger partial charge in [-0.2, -0.15) is 0 Å². The van der Waals surface area contributed by atoms with E-state index in [1.54, 1.807) is 20.2 Å². The highest BCUT2D eigenvalue weighted by Crippen LogP contribution is 2.53. The summed E-state index contributed by atoms with van der Waals surface area (Å²) < 4.78 is 0. The Morgan fingerprint density at radius 1 is 1.16 bits per heavy atom. The van der Waals surface area contributed by atoms with Crippen molar-refractivity contribution in [3.63, 3.8) is 0 Å². The zero-order chi connectivity index (χ0) is 26.1. The van der Waals surface area contributed by atoms with Crippen molar-refractivity contribution in [3.8, 4) is 17.0 Å². The van der Waals surface area contributed by atoms with Gasteiger partial charge in [0.15, 0.2) is 11.4 Å². The van der Waals surface area contributed by atoms with Gasteiger partial charge in [-0.05, 0) is 50.6 Å². The number of phenols is 1. The van der Waals surface area contributed by atoms with E-state index in [1.165, 1.54) is 29.6 Å². The van der Waals surface area contributed by atoms with Crippen molar-refractivity contribution >= 4 is 23.2 Å². The van der Waals surface area contributed by atoms with Gasteiger partial charge in [0, 0.05) is 29.4 Å². The molecule has 1 saturated carbocycles. The third-order valence-corrected chi connectivity index (χ3v) is 7.44. The fourth-order valence-electron chi connectivity index (χ4n) is 5.92. The number of aliphatic hydroxyl groups excluding tert-OH is 2. The monoisotopic (exact) mass is 508 g/mol. The number of aromatic hydroxyl groups is 1. The smallest absolute Gasteiger partial charge is 0.255 e. The molecule has 1 amide bonds. The molecule has 0 radical (unpaired) electrons. The maximum Gasteiger partial charge on any atom is 0.255 e. The summed E-state index contributed by atoms with van der Waals surface area (Å²) in [5, 5.41) is 44.3. The quantitative estimate of drug-likeness (QED) is 0.375. The van der Waals surface area contributed by atoms with Crippen molar-refractivity contribution < 1.29 is 34.8 Å². The van der Waals surface area contributed by atoms with Gasteiger partial charge in [0.2, 0.25) is 5.78 Å². The number of amides is 1. The summed E-state index contributed by atoms with van der Waals surface area (Å²) in [4.78, 5) is 48.8. The van der Waals surface area contributed by atoms with E-state index >= 15 is 0 Å². The highest BCUT2D eigenvalue weighted by molar-refractivity contribution is 6.24. The summed E-state index contributed by atoms with van der Waals surface area (Å²) in [6.07, 6.45) is 4.73. The van der Waals surface area contributed by atoms with Crippen molar-refractivity contribution in [1.29, 1.82) is 0 Å². The van der Waals surface area contributed by atoms with Crippen LogP contribution in [0.4, 0.5) is 0 Å². The predicted molar refractivity (Wildman–Crippen MR) is 132 cm³/mol. The van der Waals surface area contributed by atoms with Crippen LogP contribution in [-0.2, 0) is 20.8 Å². The van der Waals surface area contributed by atoms with Gasteiger partial charge in [0.25, 0.3) is 5.91 Å². The Labute approximate surface area is 212 Å². The topological polar surface area (TPSA) is 187 Å². The number of nitrogens with zero attached hydrogens (tertiary/aromatic N) is 3. The molecule has 0 aliphatic heterocycles. The number of fused-ring (bicyclic) bond motifs is 3. The molecule has 1 fully saturated rings. The first-order valence-corrected chi connectivity index (χ1v) is 11.3. The fourth-order valence-corrected chi connectivity index (χ4v) is 5.92. The third-order valence-electron chi connectivity index (χ3n) is 7.44. The lowest BCUT2D eigenvalue weighted by Crippen LogP contribution is -2.65. The number of hydrogen-bond acceptors (Lipinski definition) is 10. The van der Waals surface area contributed by atoms with Crippen molar-refractivity contribution in [2.75, 3.05) is 14.1 Å². The summed E-state index contributed by atoms with van der Waals surface area (Å²) in [5.74, 6) is -6.86. The highest BCUT2D eigenvalue weighted by Gasteiger charge is 2.64. The summed E-state index contributed by atoms with van der Waals surface area (Å²) in [6, 6.07) is 1.86. The van der Waals surface area contributed by atoms with E-state index < -0.39 is 58.0 Å². The number of rotatable bonds is 3. The summed E-state index contributed by atoms with van der Waals surface area (Å²) in [6.45, 7) is 0. The van der Waals surface area contributed by atoms with Crippen LogP contribution in [0, 0.1) is 11.8 Å². The number of aromatic nitrogens is 2. The number of Topliss-reactive ketones (excluding diaryl/α,β-unsaturated/α-hetero) is 2. The lowest BCUT2D eigenvalue weighted by Gasteiger charge is -2.50. The van der Waals surface area contributed by atoms with Crippen LogP contribution < -0.4 is 5.73 Å². The van der Waals surface area contributed by atoms with Crippen molar-refractivity contribution in [2.45, 2.75) is 31.9 Å². The van der Waals surface area contributed by atoms with E-state index in [9.17, 15) is 34.8 Å². The number of nitrogens with two attached hydrogens (primary N) is 1. The third kappa shape index (κ3) is 3.45. The zero-order valence-corrected chi connectivity index (χ0v) is 19.5. The average Bonchev–Trinajstić information content (AvgIpc) is 2.81. The molecule has 37 heavy (non-hydrogen) atoms. The number of carbonyl (C=O) groups is 3. The molecule has 5 rings (SSSR count). The number of phenolic OH excluding ortho intramolecular Hbond substituents is 1. The first-order valence-electron chi connectivity index (χ1n) is 11.3. The van der Waals surface area contributed by atoms with E-state index in [4.69, 9.17) is 5.73 Å². The van der Waals surface area contributed by atoms with Gasteiger partial charge in [-0.25, -0.2) is 0 Å². The van der Waals surface area contributed by atoms with E-state index in [0.717, 1.165) is 0 Å². The van der Waals surface area contributed by atoms with Crippen molar-refractivity contribution in [3.05, 3.63) is 58.8 Å². The Morgan fingerprint density at radius 3 is 2.46 bits per heavy atom. The summed E-state index contributed by atoms with van der Waals surface area (Å²) >= 11 is 0. The molecule has 2 aromatic rings. The number of primary amides is 1. The minimum absolute atomic E-state index is 0. The molecule has 3 aliphatic rings.